The second-order valence-corrected chi connectivity index (χ2v) is 9.68. The molecule has 1 heterocycles. The molecule has 0 amide bonds. The topological polar surface area (TPSA) is 83.6 Å². The molecule has 1 N–H and O–H groups in total. The molecule has 0 spiro atoms. The minimum atomic E-state index is -3.69. The zero-order chi connectivity index (χ0) is 18.1. The van der Waals surface area contributed by atoms with E-state index in [4.69, 9.17) is 0 Å². The first-order valence-electron chi connectivity index (χ1n) is 7.98. The van der Waals surface area contributed by atoms with Crippen molar-refractivity contribution in [2.24, 2.45) is 0 Å². The fourth-order valence-electron chi connectivity index (χ4n) is 2.84. The van der Waals surface area contributed by atoms with Gasteiger partial charge in [-0.15, -0.1) is 0 Å². The number of aryl methyl sites for hydroxylation is 1. The van der Waals surface area contributed by atoms with E-state index in [2.05, 4.69) is 4.72 Å². The third-order valence-corrected chi connectivity index (χ3v) is 7.55. The Kier molecular flexibility index (Phi) is 4.75. The molecule has 134 valence electrons. The van der Waals surface area contributed by atoms with E-state index < -0.39 is 20.0 Å². The van der Waals surface area contributed by atoms with Gasteiger partial charge in [-0.25, -0.2) is 16.8 Å². The van der Waals surface area contributed by atoms with Gasteiger partial charge in [-0.05, 0) is 55.7 Å². The number of rotatable bonds is 4. The number of nitrogens with zero attached hydrogens (tertiary/aromatic N) is 1. The zero-order valence-electron chi connectivity index (χ0n) is 13.8. The van der Waals surface area contributed by atoms with Gasteiger partial charge in [0.15, 0.2) is 0 Å². The monoisotopic (exact) mass is 380 g/mol. The predicted molar refractivity (Wildman–Crippen MR) is 98.8 cm³/mol. The average molecular weight is 380 g/mol. The molecular weight excluding hydrogens is 360 g/mol. The summed E-state index contributed by atoms with van der Waals surface area (Å²) in [7, 11) is -6.96. The van der Waals surface area contributed by atoms with Crippen molar-refractivity contribution in [1.29, 1.82) is 0 Å². The highest BCUT2D eigenvalue weighted by atomic mass is 32.2. The Hall–Kier alpha value is -2.06. The molecule has 25 heavy (non-hydrogen) atoms. The van der Waals surface area contributed by atoms with Crippen LogP contribution in [0.5, 0.6) is 0 Å². The third kappa shape index (κ3) is 3.80. The maximum atomic E-state index is 12.5. The number of sulfonamides is 2. The number of hydrogen-bond donors (Lipinski definition) is 1. The molecule has 1 aliphatic heterocycles. The third-order valence-electron chi connectivity index (χ3n) is 4.14. The van der Waals surface area contributed by atoms with E-state index in [-0.39, 0.29) is 10.6 Å². The summed E-state index contributed by atoms with van der Waals surface area (Å²) in [6, 6.07) is 13.1. The second-order valence-electron chi connectivity index (χ2n) is 6.01. The fourth-order valence-corrected chi connectivity index (χ4v) is 5.79. The Labute approximate surface area is 148 Å². The number of nitrogens with one attached hydrogen (secondary N) is 1. The summed E-state index contributed by atoms with van der Waals surface area (Å²) in [6.07, 6.45) is 1.49. The van der Waals surface area contributed by atoms with Gasteiger partial charge in [0, 0.05) is 12.2 Å². The normalized spacial score (nSPS) is 17.2. The van der Waals surface area contributed by atoms with E-state index in [1.54, 1.807) is 55.5 Å². The lowest BCUT2D eigenvalue weighted by atomic mass is 10.2. The van der Waals surface area contributed by atoms with Crippen LogP contribution < -0.4 is 9.03 Å². The summed E-state index contributed by atoms with van der Waals surface area (Å²) < 4.78 is 53.2. The van der Waals surface area contributed by atoms with Gasteiger partial charge in [-0.1, -0.05) is 18.2 Å². The van der Waals surface area contributed by atoms with E-state index in [0.717, 1.165) is 6.42 Å². The van der Waals surface area contributed by atoms with Crippen molar-refractivity contribution in [3.63, 3.8) is 0 Å². The minimum Gasteiger partial charge on any atom is -0.280 e. The van der Waals surface area contributed by atoms with E-state index in [1.165, 1.54) is 4.31 Å². The molecule has 0 unspecified atom stereocenters. The summed E-state index contributed by atoms with van der Waals surface area (Å²) in [6.45, 7) is 2.19. The Bertz CT molecular complexity index is 968. The number of benzene rings is 2. The molecule has 0 radical (unpaired) electrons. The Morgan fingerprint density at radius 3 is 2.32 bits per heavy atom. The van der Waals surface area contributed by atoms with Gasteiger partial charge in [-0.2, -0.15) is 0 Å². The molecule has 0 aromatic heterocycles. The van der Waals surface area contributed by atoms with Crippen LogP contribution in [0.2, 0.25) is 0 Å². The number of anilines is 2. The van der Waals surface area contributed by atoms with Gasteiger partial charge < -0.3 is 0 Å². The van der Waals surface area contributed by atoms with Gasteiger partial charge in [-0.3, -0.25) is 9.03 Å². The van der Waals surface area contributed by atoms with Crippen LogP contribution in [0, 0.1) is 6.92 Å². The molecule has 3 rings (SSSR count). The first-order valence-corrected chi connectivity index (χ1v) is 11.1. The van der Waals surface area contributed by atoms with Crippen molar-refractivity contribution in [2.75, 3.05) is 21.3 Å². The highest BCUT2D eigenvalue weighted by Gasteiger charge is 2.26. The van der Waals surface area contributed by atoms with E-state index in [1.807, 2.05) is 0 Å². The molecule has 0 bridgehead atoms. The van der Waals surface area contributed by atoms with Crippen molar-refractivity contribution in [2.45, 2.75) is 24.7 Å². The molecule has 1 fully saturated rings. The lowest BCUT2D eigenvalue weighted by Gasteiger charge is -2.28. The van der Waals surface area contributed by atoms with Gasteiger partial charge in [0.05, 0.1) is 16.3 Å². The summed E-state index contributed by atoms with van der Waals surface area (Å²) in [5.41, 5.74) is 1.60. The second kappa shape index (κ2) is 6.68. The first kappa shape index (κ1) is 17.8. The maximum absolute atomic E-state index is 12.5. The SMILES string of the molecule is Cc1ccccc1S(=O)(=O)Nc1ccc(N2CCCCS2(=O)=O)cc1. The maximum Gasteiger partial charge on any atom is 0.262 e. The molecule has 0 saturated carbocycles. The van der Waals surface area contributed by atoms with Crippen LogP contribution in [0.25, 0.3) is 0 Å². The van der Waals surface area contributed by atoms with Gasteiger partial charge in [0.25, 0.3) is 10.0 Å². The van der Waals surface area contributed by atoms with Gasteiger partial charge >= 0.3 is 0 Å². The van der Waals surface area contributed by atoms with Crippen LogP contribution in [0.15, 0.2) is 53.4 Å². The fraction of sp³-hybridized carbons (Fsp3) is 0.294. The molecule has 0 aliphatic carbocycles. The predicted octanol–water partition coefficient (Wildman–Crippen LogP) is 2.73. The smallest absolute Gasteiger partial charge is 0.262 e. The largest absolute Gasteiger partial charge is 0.280 e. The van der Waals surface area contributed by atoms with Crippen LogP contribution in [0.3, 0.4) is 0 Å². The van der Waals surface area contributed by atoms with Crippen LogP contribution in [-0.2, 0) is 20.0 Å². The quantitative estimate of drug-likeness (QED) is 0.884. The highest BCUT2D eigenvalue weighted by Crippen LogP contribution is 2.26. The molecule has 0 atom stereocenters. The van der Waals surface area contributed by atoms with Crippen molar-refractivity contribution in [1.82, 2.24) is 0 Å². The summed E-state index contributed by atoms with van der Waals surface area (Å²) >= 11 is 0. The van der Waals surface area contributed by atoms with Crippen LogP contribution in [-0.4, -0.2) is 29.1 Å². The minimum absolute atomic E-state index is 0.147. The van der Waals surface area contributed by atoms with Crippen LogP contribution in [0.4, 0.5) is 11.4 Å². The molecule has 2 aromatic rings. The molecule has 1 aliphatic rings. The molecule has 2 aromatic carbocycles. The molecule has 8 heteroatoms. The van der Waals surface area contributed by atoms with Crippen molar-refractivity contribution >= 4 is 31.4 Å². The zero-order valence-corrected chi connectivity index (χ0v) is 15.5. The lowest BCUT2D eigenvalue weighted by molar-refractivity contribution is 0.574. The van der Waals surface area contributed by atoms with Crippen molar-refractivity contribution < 1.29 is 16.8 Å². The molecular formula is C17H20N2O4S2. The molecule has 6 nitrogen and oxygen atoms in total. The standard InChI is InChI=1S/C17H20N2O4S2/c1-14-6-2-3-7-17(14)25(22,23)18-15-8-10-16(11-9-15)19-12-4-5-13-24(19,20)21/h2-3,6-11,18H,4-5,12-13H2,1H3. The Morgan fingerprint density at radius 1 is 1.00 bits per heavy atom. The summed E-state index contributed by atoms with van der Waals surface area (Å²) in [5.74, 6) is 0.147. The molecule has 1 saturated heterocycles. The van der Waals surface area contributed by atoms with Crippen LogP contribution in [0.1, 0.15) is 18.4 Å². The van der Waals surface area contributed by atoms with Crippen molar-refractivity contribution in [3.05, 3.63) is 54.1 Å². The summed E-state index contributed by atoms with van der Waals surface area (Å²) in [4.78, 5) is 0.220. The van der Waals surface area contributed by atoms with Gasteiger partial charge in [0.2, 0.25) is 10.0 Å². The van der Waals surface area contributed by atoms with Crippen molar-refractivity contribution in [3.8, 4) is 0 Å². The highest BCUT2D eigenvalue weighted by molar-refractivity contribution is 7.93. The van der Waals surface area contributed by atoms with E-state index >= 15 is 0 Å². The van der Waals surface area contributed by atoms with E-state index in [0.29, 0.717) is 29.9 Å². The summed E-state index contributed by atoms with van der Waals surface area (Å²) in [5, 5.41) is 0. The lowest BCUT2D eigenvalue weighted by Crippen LogP contribution is -2.37. The number of hydrogen-bond acceptors (Lipinski definition) is 4. The Morgan fingerprint density at radius 2 is 1.68 bits per heavy atom. The van der Waals surface area contributed by atoms with Gasteiger partial charge in [0.1, 0.15) is 0 Å². The first-order chi connectivity index (χ1) is 11.8. The van der Waals surface area contributed by atoms with E-state index in [9.17, 15) is 16.8 Å². The van der Waals surface area contributed by atoms with Crippen LogP contribution >= 0.6 is 0 Å². The Balaban J connectivity index is 1.83. The average Bonchev–Trinajstić information content (AvgIpc) is 2.55.